The van der Waals surface area contributed by atoms with Crippen molar-refractivity contribution >= 4 is 10.0 Å². The summed E-state index contributed by atoms with van der Waals surface area (Å²) in [6.45, 7) is 4.22. The van der Waals surface area contributed by atoms with Crippen LogP contribution < -0.4 is 0 Å². The third-order valence-corrected chi connectivity index (χ3v) is 7.10. The molecule has 2 heterocycles. The average molecular weight is 323 g/mol. The first-order chi connectivity index (χ1) is 10.4. The van der Waals surface area contributed by atoms with Crippen molar-refractivity contribution < 1.29 is 13.2 Å². The van der Waals surface area contributed by atoms with Gasteiger partial charge in [-0.1, -0.05) is 26.0 Å². The van der Waals surface area contributed by atoms with E-state index in [1.165, 1.54) is 5.56 Å². The number of sulfonamides is 1. The molecule has 4 nitrogen and oxygen atoms in total. The summed E-state index contributed by atoms with van der Waals surface area (Å²) in [5, 5.41) is 0. The molecular weight excluding hydrogens is 298 g/mol. The zero-order valence-corrected chi connectivity index (χ0v) is 14.3. The van der Waals surface area contributed by atoms with Gasteiger partial charge in [-0.2, -0.15) is 4.31 Å². The van der Waals surface area contributed by atoms with Crippen molar-refractivity contribution in [2.24, 2.45) is 0 Å². The van der Waals surface area contributed by atoms with E-state index in [1.54, 1.807) is 23.5 Å². The van der Waals surface area contributed by atoms with Crippen molar-refractivity contribution in [1.29, 1.82) is 0 Å². The standard InChI is InChI=1S/C17H25NO3S/c1-12(2)13-4-8-17(9-5-13)22(19,20)18-14-6-7-15(18)11-16(10-14)21-3/h4-5,8-9,12,14-16H,6-7,10-11H2,1-3H3. The zero-order valence-electron chi connectivity index (χ0n) is 13.5. The topological polar surface area (TPSA) is 46.6 Å². The Morgan fingerprint density at radius 3 is 2.09 bits per heavy atom. The predicted octanol–water partition coefficient (Wildman–Crippen LogP) is 3.14. The van der Waals surface area contributed by atoms with Crippen LogP contribution in [-0.4, -0.2) is 38.0 Å². The van der Waals surface area contributed by atoms with E-state index in [9.17, 15) is 8.42 Å². The molecule has 0 aliphatic carbocycles. The lowest BCUT2D eigenvalue weighted by molar-refractivity contribution is 0.0349. The van der Waals surface area contributed by atoms with Crippen LogP contribution in [0.4, 0.5) is 0 Å². The fourth-order valence-corrected chi connectivity index (χ4v) is 5.71. The molecule has 122 valence electrons. The third kappa shape index (κ3) is 2.70. The number of hydrogen-bond donors (Lipinski definition) is 0. The normalized spacial score (nSPS) is 29.2. The number of hydrogen-bond acceptors (Lipinski definition) is 3. The Hall–Kier alpha value is -0.910. The van der Waals surface area contributed by atoms with E-state index in [0.717, 1.165) is 25.7 Å². The van der Waals surface area contributed by atoms with Gasteiger partial charge in [-0.15, -0.1) is 0 Å². The van der Waals surface area contributed by atoms with Gasteiger partial charge in [0.15, 0.2) is 0 Å². The zero-order chi connectivity index (χ0) is 15.9. The van der Waals surface area contributed by atoms with Crippen molar-refractivity contribution in [2.45, 2.75) is 68.5 Å². The molecule has 0 spiro atoms. The Morgan fingerprint density at radius 2 is 1.64 bits per heavy atom. The average Bonchev–Trinajstić information content (AvgIpc) is 2.79. The molecule has 0 radical (unpaired) electrons. The minimum absolute atomic E-state index is 0.0958. The molecule has 0 N–H and O–H groups in total. The first kappa shape index (κ1) is 16.0. The molecule has 2 saturated heterocycles. The highest BCUT2D eigenvalue weighted by atomic mass is 32.2. The van der Waals surface area contributed by atoms with E-state index in [-0.39, 0.29) is 18.2 Å². The fourth-order valence-electron chi connectivity index (χ4n) is 3.82. The minimum Gasteiger partial charge on any atom is -0.381 e. The first-order valence-electron chi connectivity index (χ1n) is 8.09. The van der Waals surface area contributed by atoms with Gasteiger partial charge in [0, 0.05) is 19.2 Å². The van der Waals surface area contributed by atoms with E-state index in [1.807, 2.05) is 12.1 Å². The second-order valence-corrected chi connectivity index (χ2v) is 8.62. The molecule has 2 aliphatic heterocycles. The third-order valence-electron chi connectivity index (χ3n) is 5.08. The quantitative estimate of drug-likeness (QED) is 0.855. The number of ether oxygens (including phenoxy) is 1. The van der Waals surface area contributed by atoms with Crippen molar-refractivity contribution in [3.05, 3.63) is 29.8 Å². The van der Waals surface area contributed by atoms with Gasteiger partial charge in [0.25, 0.3) is 0 Å². The molecule has 2 fully saturated rings. The summed E-state index contributed by atoms with van der Waals surface area (Å²) in [6, 6.07) is 7.57. The Kier molecular flexibility index (Phi) is 4.32. The highest BCUT2D eigenvalue weighted by Crippen LogP contribution is 2.40. The van der Waals surface area contributed by atoms with Gasteiger partial charge in [-0.05, 0) is 49.3 Å². The second kappa shape index (κ2) is 5.95. The van der Waals surface area contributed by atoms with Crippen molar-refractivity contribution in [3.8, 4) is 0 Å². The predicted molar refractivity (Wildman–Crippen MR) is 86.4 cm³/mol. The van der Waals surface area contributed by atoms with E-state index in [0.29, 0.717) is 10.8 Å². The van der Waals surface area contributed by atoms with E-state index in [2.05, 4.69) is 13.8 Å². The SMILES string of the molecule is COC1CC2CCC(C1)N2S(=O)(=O)c1ccc(C(C)C)cc1. The fraction of sp³-hybridized carbons (Fsp3) is 0.647. The van der Waals surface area contributed by atoms with Gasteiger partial charge in [0.05, 0.1) is 11.0 Å². The molecule has 2 atom stereocenters. The van der Waals surface area contributed by atoms with Gasteiger partial charge in [-0.3, -0.25) is 0 Å². The molecule has 1 aromatic rings. The highest BCUT2D eigenvalue weighted by Gasteiger charge is 2.47. The summed E-state index contributed by atoms with van der Waals surface area (Å²) in [7, 11) is -1.67. The number of fused-ring (bicyclic) bond motifs is 2. The number of nitrogens with zero attached hydrogens (tertiary/aromatic N) is 1. The molecule has 2 bridgehead atoms. The maximum Gasteiger partial charge on any atom is 0.243 e. The second-order valence-electron chi connectivity index (χ2n) is 6.77. The lowest BCUT2D eigenvalue weighted by Gasteiger charge is -2.37. The Morgan fingerprint density at radius 1 is 1.09 bits per heavy atom. The van der Waals surface area contributed by atoms with Crippen LogP contribution in [0.3, 0.4) is 0 Å². The number of rotatable bonds is 4. The first-order valence-corrected chi connectivity index (χ1v) is 9.53. The summed E-state index contributed by atoms with van der Waals surface area (Å²) >= 11 is 0. The molecule has 1 aromatic carbocycles. The van der Waals surface area contributed by atoms with Crippen molar-refractivity contribution in [3.63, 3.8) is 0 Å². The number of methoxy groups -OCH3 is 1. The summed E-state index contributed by atoms with van der Waals surface area (Å²) in [5.41, 5.74) is 1.17. The molecule has 22 heavy (non-hydrogen) atoms. The Balaban J connectivity index is 1.87. The highest BCUT2D eigenvalue weighted by molar-refractivity contribution is 7.89. The van der Waals surface area contributed by atoms with Gasteiger partial charge in [0.2, 0.25) is 10.0 Å². The number of piperidine rings is 1. The van der Waals surface area contributed by atoms with Gasteiger partial charge >= 0.3 is 0 Å². The molecule has 2 unspecified atom stereocenters. The monoisotopic (exact) mass is 323 g/mol. The lowest BCUT2D eigenvalue weighted by Crippen LogP contribution is -2.48. The molecule has 3 rings (SSSR count). The maximum absolute atomic E-state index is 13.0. The van der Waals surface area contributed by atoms with E-state index < -0.39 is 10.0 Å². The van der Waals surface area contributed by atoms with Crippen LogP contribution in [0.2, 0.25) is 0 Å². The van der Waals surface area contributed by atoms with Crippen LogP contribution in [-0.2, 0) is 14.8 Å². The Bertz CT molecular complexity index is 610. The molecule has 0 saturated carbocycles. The smallest absolute Gasteiger partial charge is 0.243 e. The van der Waals surface area contributed by atoms with Crippen LogP contribution in [0, 0.1) is 0 Å². The van der Waals surface area contributed by atoms with Crippen LogP contribution in [0.15, 0.2) is 29.2 Å². The summed E-state index contributed by atoms with van der Waals surface area (Å²) in [4.78, 5) is 0.421. The van der Waals surface area contributed by atoms with E-state index >= 15 is 0 Å². The molecule has 0 aromatic heterocycles. The molecule has 5 heteroatoms. The summed E-state index contributed by atoms with van der Waals surface area (Å²) in [5.74, 6) is 0.408. The lowest BCUT2D eigenvalue weighted by atomic mass is 10.0. The molecule has 2 aliphatic rings. The summed E-state index contributed by atoms with van der Waals surface area (Å²) < 4.78 is 33.2. The van der Waals surface area contributed by atoms with Crippen LogP contribution in [0.25, 0.3) is 0 Å². The van der Waals surface area contributed by atoms with Crippen molar-refractivity contribution in [2.75, 3.05) is 7.11 Å². The van der Waals surface area contributed by atoms with Crippen LogP contribution in [0.1, 0.15) is 51.0 Å². The summed E-state index contributed by atoms with van der Waals surface area (Å²) in [6.07, 6.45) is 3.74. The molecular formula is C17H25NO3S. The van der Waals surface area contributed by atoms with Crippen LogP contribution in [0.5, 0.6) is 0 Å². The largest absolute Gasteiger partial charge is 0.381 e. The minimum atomic E-state index is -3.39. The van der Waals surface area contributed by atoms with E-state index in [4.69, 9.17) is 4.74 Å². The number of benzene rings is 1. The van der Waals surface area contributed by atoms with Gasteiger partial charge in [-0.25, -0.2) is 8.42 Å². The maximum atomic E-state index is 13.0. The van der Waals surface area contributed by atoms with Crippen LogP contribution >= 0.6 is 0 Å². The Labute approximate surface area is 133 Å². The van der Waals surface area contributed by atoms with Gasteiger partial charge < -0.3 is 4.74 Å². The van der Waals surface area contributed by atoms with Crippen molar-refractivity contribution in [1.82, 2.24) is 4.31 Å². The van der Waals surface area contributed by atoms with Gasteiger partial charge in [0.1, 0.15) is 0 Å². The molecule has 0 amide bonds.